The summed E-state index contributed by atoms with van der Waals surface area (Å²) >= 11 is 0. The Morgan fingerprint density at radius 2 is 1.95 bits per heavy atom. The summed E-state index contributed by atoms with van der Waals surface area (Å²) in [6.45, 7) is 6.00. The lowest BCUT2D eigenvalue weighted by Gasteiger charge is -2.06. The van der Waals surface area contributed by atoms with Crippen LogP contribution in [0.5, 0.6) is 0 Å². The van der Waals surface area contributed by atoms with Gasteiger partial charge in [0.05, 0.1) is 12.7 Å². The fourth-order valence-electron chi connectivity index (χ4n) is 1.93. The maximum atomic E-state index is 13.5. The first-order valence-electron chi connectivity index (χ1n) is 6.71. The fraction of sp³-hybridized carbons (Fsp3) is 0.400. The summed E-state index contributed by atoms with van der Waals surface area (Å²) in [5.74, 6) is -0.502. The van der Waals surface area contributed by atoms with Crippen LogP contribution >= 0.6 is 0 Å². The number of halogens is 2. The molecule has 20 heavy (non-hydrogen) atoms. The molecule has 0 aliphatic carbocycles. The van der Waals surface area contributed by atoms with Crippen molar-refractivity contribution in [2.24, 2.45) is 5.92 Å². The van der Waals surface area contributed by atoms with Gasteiger partial charge in [-0.15, -0.1) is 0 Å². The summed E-state index contributed by atoms with van der Waals surface area (Å²) in [6, 6.07) is 3.87. The van der Waals surface area contributed by atoms with Crippen LogP contribution in [0.2, 0.25) is 0 Å². The van der Waals surface area contributed by atoms with Crippen molar-refractivity contribution < 1.29 is 8.78 Å². The highest BCUT2D eigenvalue weighted by molar-refractivity contribution is 5.20. The second-order valence-corrected chi connectivity index (χ2v) is 5.27. The van der Waals surface area contributed by atoms with Crippen LogP contribution in [0.4, 0.5) is 8.78 Å². The molecular weight excluding hydrogens is 260 g/mol. The van der Waals surface area contributed by atoms with E-state index in [4.69, 9.17) is 0 Å². The zero-order chi connectivity index (χ0) is 14.5. The van der Waals surface area contributed by atoms with Crippen molar-refractivity contribution in [1.82, 2.24) is 15.1 Å². The van der Waals surface area contributed by atoms with Gasteiger partial charge < -0.3 is 5.32 Å². The number of nitrogens with zero attached hydrogens (tertiary/aromatic N) is 2. The molecule has 3 nitrogen and oxygen atoms in total. The summed E-state index contributed by atoms with van der Waals surface area (Å²) in [6.07, 6.45) is 3.52. The van der Waals surface area contributed by atoms with Crippen molar-refractivity contribution in [2.45, 2.75) is 26.9 Å². The van der Waals surface area contributed by atoms with E-state index in [9.17, 15) is 8.78 Å². The van der Waals surface area contributed by atoms with Crippen LogP contribution in [0, 0.1) is 17.6 Å². The molecule has 0 spiro atoms. The second kappa shape index (κ2) is 6.61. The lowest BCUT2D eigenvalue weighted by molar-refractivity contribution is 0.532. The standard InChI is InChI=1S/C15H19F2N3/c1-11(2)6-18-7-12-8-19-20(9-12)10-13-14(16)4-3-5-15(13)17/h3-5,8-9,11,18H,6-7,10H2,1-2H3. The molecule has 0 aliphatic heterocycles. The molecule has 0 amide bonds. The predicted molar refractivity (Wildman–Crippen MR) is 74.2 cm³/mol. The van der Waals surface area contributed by atoms with E-state index in [1.165, 1.54) is 18.2 Å². The molecule has 2 aromatic rings. The highest BCUT2D eigenvalue weighted by atomic mass is 19.1. The predicted octanol–water partition coefficient (Wildman–Crippen LogP) is 2.96. The van der Waals surface area contributed by atoms with E-state index >= 15 is 0 Å². The third-order valence-corrected chi connectivity index (χ3v) is 2.95. The minimum absolute atomic E-state index is 0.0392. The number of hydrogen-bond donors (Lipinski definition) is 1. The van der Waals surface area contributed by atoms with Gasteiger partial charge in [0, 0.05) is 23.9 Å². The molecule has 0 unspecified atom stereocenters. The minimum atomic E-state index is -0.542. The van der Waals surface area contributed by atoms with E-state index in [1.54, 1.807) is 17.1 Å². The van der Waals surface area contributed by atoms with E-state index < -0.39 is 11.6 Å². The van der Waals surface area contributed by atoms with Crippen LogP contribution in [0.1, 0.15) is 25.0 Å². The molecule has 0 bridgehead atoms. The van der Waals surface area contributed by atoms with Gasteiger partial charge in [-0.2, -0.15) is 5.10 Å². The summed E-state index contributed by atoms with van der Waals surface area (Å²) in [5.41, 5.74) is 1.04. The van der Waals surface area contributed by atoms with E-state index in [0.29, 0.717) is 12.5 Å². The monoisotopic (exact) mass is 279 g/mol. The van der Waals surface area contributed by atoms with Crippen molar-refractivity contribution in [3.63, 3.8) is 0 Å². The van der Waals surface area contributed by atoms with Gasteiger partial charge in [0.15, 0.2) is 0 Å². The van der Waals surface area contributed by atoms with Crippen molar-refractivity contribution in [3.05, 3.63) is 53.4 Å². The maximum absolute atomic E-state index is 13.5. The Labute approximate surface area is 117 Å². The molecule has 0 fully saturated rings. The molecule has 0 saturated carbocycles. The van der Waals surface area contributed by atoms with Gasteiger partial charge >= 0.3 is 0 Å². The first-order chi connectivity index (χ1) is 9.56. The number of nitrogens with one attached hydrogen (secondary N) is 1. The molecule has 0 atom stereocenters. The summed E-state index contributed by atoms with van der Waals surface area (Å²) in [4.78, 5) is 0. The Bertz CT molecular complexity index is 544. The van der Waals surface area contributed by atoms with E-state index in [-0.39, 0.29) is 12.1 Å². The first kappa shape index (κ1) is 14.7. The third kappa shape index (κ3) is 3.87. The van der Waals surface area contributed by atoms with Gasteiger partial charge in [0.1, 0.15) is 11.6 Å². The Morgan fingerprint density at radius 1 is 1.25 bits per heavy atom. The molecule has 1 aromatic heterocycles. The van der Waals surface area contributed by atoms with Crippen LogP contribution in [-0.4, -0.2) is 16.3 Å². The Morgan fingerprint density at radius 3 is 2.60 bits per heavy atom. The number of rotatable bonds is 6. The highest BCUT2D eigenvalue weighted by Gasteiger charge is 2.09. The smallest absolute Gasteiger partial charge is 0.131 e. The molecule has 1 N–H and O–H groups in total. The average molecular weight is 279 g/mol. The summed E-state index contributed by atoms with van der Waals surface area (Å²) in [5, 5.41) is 7.43. The van der Waals surface area contributed by atoms with Crippen molar-refractivity contribution in [3.8, 4) is 0 Å². The largest absolute Gasteiger partial charge is 0.312 e. The highest BCUT2D eigenvalue weighted by Crippen LogP contribution is 2.13. The molecule has 0 saturated heterocycles. The van der Waals surface area contributed by atoms with Gasteiger partial charge in [-0.05, 0) is 24.6 Å². The van der Waals surface area contributed by atoms with Crippen LogP contribution in [0.3, 0.4) is 0 Å². The second-order valence-electron chi connectivity index (χ2n) is 5.27. The molecule has 1 heterocycles. The van der Waals surface area contributed by atoms with Gasteiger partial charge in [-0.25, -0.2) is 8.78 Å². The Hall–Kier alpha value is -1.75. The Kier molecular flexibility index (Phi) is 4.84. The number of aromatic nitrogens is 2. The maximum Gasteiger partial charge on any atom is 0.131 e. The molecule has 1 aromatic carbocycles. The van der Waals surface area contributed by atoms with E-state index in [2.05, 4.69) is 24.3 Å². The molecule has 5 heteroatoms. The van der Waals surface area contributed by atoms with Crippen LogP contribution in [-0.2, 0) is 13.1 Å². The van der Waals surface area contributed by atoms with Crippen LogP contribution in [0.15, 0.2) is 30.6 Å². The first-order valence-corrected chi connectivity index (χ1v) is 6.71. The minimum Gasteiger partial charge on any atom is -0.312 e. The van der Waals surface area contributed by atoms with Gasteiger partial charge in [0.25, 0.3) is 0 Å². The molecule has 0 aliphatic rings. The quantitative estimate of drug-likeness (QED) is 0.881. The summed E-state index contributed by atoms with van der Waals surface area (Å²) in [7, 11) is 0. The zero-order valence-corrected chi connectivity index (χ0v) is 11.7. The zero-order valence-electron chi connectivity index (χ0n) is 11.7. The van der Waals surface area contributed by atoms with Crippen molar-refractivity contribution in [1.29, 1.82) is 0 Å². The van der Waals surface area contributed by atoms with Crippen molar-refractivity contribution in [2.75, 3.05) is 6.54 Å². The SMILES string of the molecule is CC(C)CNCc1cnn(Cc2c(F)cccc2F)c1. The molecule has 2 rings (SSSR count). The lowest BCUT2D eigenvalue weighted by Crippen LogP contribution is -2.18. The molecule has 0 radical (unpaired) electrons. The summed E-state index contributed by atoms with van der Waals surface area (Å²) < 4.78 is 28.6. The third-order valence-electron chi connectivity index (χ3n) is 2.95. The van der Waals surface area contributed by atoms with Crippen LogP contribution in [0.25, 0.3) is 0 Å². The Balaban J connectivity index is 1.99. The topological polar surface area (TPSA) is 29.9 Å². The van der Waals surface area contributed by atoms with E-state index in [1.807, 2.05) is 0 Å². The van der Waals surface area contributed by atoms with E-state index in [0.717, 1.165) is 12.1 Å². The average Bonchev–Trinajstić information content (AvgIpc) is 2.81. The number of benzene rings is 1. The van der Waals surface area contributed by atoms with Gasteiger partial charge in [-0.3, -0.25) is 4.68 Å². The molecular formula is C15H19F2N3. The van der Waals surface area contributed by atoms with Crippen LogP contribution < -0.4 is 5.32 Å². The lowest BCUT2D eigenvalue weighted by atomic mass is 10.2. The molecule has 108 valence electrons. The van der Waals surface area contributed by atoms with Gasteiger partial charge in [0.2, 0.25) is 0 Å². The fourth-order valence-corrected chi connectivity index (χ4v) is 1.93. The van der Waals surface area contributed by atoms with Crippen molar-refractivity contribution >= 4 is 0 Å². The van der Waals surface area contributed by atoms with Gasteiger partial charge in [-0.1, -0.05) is 19.9 Å². The normalized spacial score (nSPS) is 11.2. The number of hydrogen-bond acceptors (Lipinski definition) is 2.